The molecule has 1 aromatic heterocycles. The summed E-state index contributed by atoms with van der Waals surface area (Å²) in [6.07, 6.45) is 5.00. The maximum atomic E-state index is 12.6. The van der Waals surface area contributed by atoms with Crippen LogP contribution in [-0.2, 0) is 15.6 Å². The van der Waals surface area contributed by atoms with E-state index in [1.165, 1.54) is 38.4 Å². The Bertz CT molecular complexity index is 1080. The van der Waals surface area contributed by atoms with Crippen LogP contribution in [0.1, 0.15) is 31.2 Å². The van der Waals surface area contributed by atoms with Crippen LogP contribution in [0.3, 0.4) is 0 Å². The molecule has 1 fully saturated rings. The highest BCUT2D eigenvalue weighted by Gasteiger charge is 2.18. The maximum absolute atomic E-state index is 12.6. The second kappa shape index (κ2) is 10.7. The minimum Gasteiger partial charge on any atom is -0.494 e. The lowest BCUT2D eigenvalue weighted by Crippen LogP contribution is -2.31. The summed E-state index contributed by atoms with van der Waals surface area (Å²) < 4.78 is 31.1. The molecule has 1 aliphatic rings. The summed E-state index contributed by atoms with van der Waals surface area (Å²) in [7, 11) is -3.54. The number of nitrogens with zero attached hydrogens (tertiary/aromatic N) is 3. The summed E-state index contributed by atoms with van der Waals surface area (Å²) in [6, 6.07) is 20.0. The summed E-state index contributed by atoms with van der Waals surface area (Å²) in [5.41, 5.74) is 2.22. The zero-order valence-corrected chi connectivity index (χ0v) is 19.0. The van der Waals surface area contributed by atoms with E-state index in [4.69, 9.17) is 4.74 Å². The molecule has 0 saturated carbocycles. The van der Waals surface area contributed by atoms with Crippen LogP contribution in [0.5, 0.6) is 5.75 Å². The van der Waals surface area contributed by atoms with Crippen molar-refractivity contribution in [3.63, 3.8) is 0 Å². The Hall–Kier alpha value is -2.77. The number of hydrogen-bond donors (Lipinski definition) is 0. The predicted molar refractivity (Wildman–Crippen MR) is 125 cm³/mol. The van der Waals surface area contributed by atoms with Gasteiger partial charge in [-0.15, -0.1) is 10.2 Å². The number of likely N-dealkylation sites (tertiary alicyclic amines) is 1. The highest BCUT2D eigenvalue weighted by Crippen LogP contribution is 2.22. The van der Waals surface area contributed by atoms with Crippen LogP contribution in [-0.4, -0.2) is 49.8 Å². The minimum absolute atomic E-state index is 0.0150. The van der Waals surface area contributed by atoms with Gasteiger partial charge in [0.1, 0.15) is 5.75 Å². The quantitative estimate of drug-likeness (QED) is 0.450. The standard InChI is InChI=1S/C25H29N3O3S/c29-32(30,20-21-8-3-1-4-9-21)25-15-14-24(26-27-25)22-10-12-23(13-11-22)31-19-7-18-28-16-5-2-6-17-28/h1,3-4,8-15H,2,5-7,16-20H2. The van der Waals surface area contributed by atoms with Gasteiger partial charge in [0.2, 0.25) is 9.84 Å². The maximum Gasteiger partial charge on any atom is 0.201 e. The molecule has 4 rings (SSSR count). The second-order valence-corrected chi connectivity index (χ2v) is 10.1. The molecule has 0 amide bonds. The lowest BCUT2D eigenvalue weighted by atomic mass is 10.1. The van der Waals surface area contributed by atoms with Crippen LogP contribution >= 0.6 is 0 Å². The van der Waals surface area contributed by atoms with Gasteiger partial charge in [-0.3, -0.25) is 0 Å². The summed E-state index contributed by atoms with van der Waals surface area (Å²) in [5.74, 6) is 0.730. The molecule has 7 heteroatoms. The van der Waals surface area contributed by atoms with E-state index in [1.54, 1.807) is 18.2 Å². The molecule has 1 saturated heterocycles. The van der Waals surface area contributed by atoms with E-state index >= 15 is 0 Å². The fourth-order valence-corrected chi connectivity index (χ4v) is 5.11. The first-order valence-corrected chi connectivity index (χ1v) is 12.8. The Morgan fingerprint density at radius 3 is 2.28 bits per heavy atom. The zero-order valence-electron chi connectivity index (χ0n) is 18.2. The number of ether oxygens (including phenoxy) is 1. The molecular weight excluding hydrogens is 422 g/mol. The molecule has 2 heterocycles. The fourth-order valence-electron chi connectivity index (χ4n) is 3.89. The smallest absolute Gasteiger partial charge is 0.201 e. The molecule has 32 heavy (non-hydrogen) atoms. The molecule has 0 unspecified atom stereocenters. The summed E-state index contributed by atoms with van der Waals surface area (Å²) >= 11 is 0. The molecule has 3 aromatic rings. The van der Waals surface area contributed by atoms with Crippen molar-refractivity contribution in [1.82, 2.24) is 15.1 Å². The fraction of sp³-hybridized carbons (Fsp3) is 0.360. The van der Waals surface area contributed by atoms with Crippen molar-refractivity contribution < 1.29 is 13.2 Å². The van der Waals surface area contributed by atoms with Crippen molar-refractivity contribution in [3.05, 3.63) is 72.3 Å². The molecule has 0 bridgehead atoms. The van der Waals surface area contributed by atoms with Crippen LogP contribution < -0.4 is 4.74 Å². The van der Waals surface area contributed by atoms with Crippen molar-refractivity contribution >= 4 is 9.84 Å². The summed E-state index contributed by atoms with van der Waals surface area (Å²) in [5, 5.41) is 8.10. The van der Waals surface area contributed by atoms with Gasteiger partial charge in [-0.25, -0.2) is 8.42 Å². The topological polar surface area (TPSA) is 72.4 Å². The monoisotopic (exact) mass is 451 g/mol. The molecular formula is C25H29N3O3S. The van der Waals surface area contributed by atoms with Crippen molar-refractivity contribution in [2.75, 3.05) is 26.2 Å². The molecule has 0 radical (unpaired) electrons. The van der Waals surface area contributed by atoms with Gasteiger partial charge in [0.25, 0.3) is 0 Å². The minimum atomic E-state index is -3.54. The van der Waals surface area contributed by atoms with E-state index in [1.807, 2.05) is 42.5 Å². The van der Waals surface area contributed by atoms with Crippen LogP contribution in [0, 0.1) is 0 Å². The van der Waals surface area contributed by atoms with E-state index in [0.717, 1.165) is 29.8 Å². The largest absolute Gasteiger partial charge is 0.494 e. The van der Waals surface area contributed by atoms with Gasteiger partial charge in [-0.05, 0) is 74.3 Å². The normalized spacial score (nSPS) is 14.9. The Kier molecular flexibility index (Phi) is 7.50. The van der Waals surface area contributed by atoms with E-state index in [2.05, 4.69) is 15.1 Å². The summed E-state index contributed by atoms with van der Waals surface area (Å²) in [6.45, 7) is 4.21. The van der Waals surface area contributed by atoms with E-state index in [-0.39, 0.29) is 10.8 Å². The van der Waals surface area contributed by atoms with E-state index < -0.39 is 9.84 Å². The molecule has 1 aliphatic heterocycles. The zero-order chi connectivity index (χ0) is 22.2. The highest BCUT2D eigenvalue weighted by atomic mass is 32.2. The summed E-state index contributed by atoms with van der Waals surface area (Å²) in [4.78, 5) is 2.51. The van der Waals surface area contributed by atoms with Gasteiger partial charge in [-0.1, -0.05) is 36.8 Å². The average molecular weight is 452 g/mol. The van der Waals surface area contributed by atoms with E-state index in [0.29, 0.717) is 12.3 Å². The predicted octanol–water partition coefficient (Wildman–Crippen LogP) is 4.37. The van der Waals surface area contributed by atoms with Gasteiger partial charge < -0.3 is 9.64 Å². The van der Waals surface area contributed by atoms with Crippen molar-refractivity contribution in [2.45, 2.75) is 36.5 Å². The van der Waals surface area contributed by atoms with Gasteiger partial charge in [0.05, 0.1) is 18.1 Å². The van der Waals surface area contributed by atoms with Crippen LogP contribution in [0.25, 0.3) is 11.3 Å². The number of hydrogen-bond acceptors (Lipinski definition) is 6. The lowest BCUT2D eigenvalue weighted by Gasteiger charge is -2.26. The van der Waals surface area contributed by atoms with Gasteiger partial charge in [0.15, 0.2) is 5.03 Å². The van der Waals surface area contributed by atoms with Crippen LogP contribution in [0.2, 0.25) is 0 Å². The third kappa shape index (κ3) is 6.14. The van der Waals surface area contributed by atoms with E-state index in [9.17, 15) is 8.42 Å². The Morgan fingerprint density at radius 1 is 0.844 bits per heavy atom. The first kappa shape index (κ1) is 22.4. The number of rotatable bonds is 9. The number of piperidine rings is 1. The lowest BCUT2D eigenvalue weighted by molar-refractivity contribution is 0.205. The highest BCUT2D eigenvalue weighted by molar-refractivity contribution is 7.90. The Balaban J connectivity index is 1.31. The molecule has 0 spiro atoms. The van der Waals surface area contributed by atoms with Crippen molar-refractivity contribution in [3.8, 4) is 17.0 Å². The van der Waals surface area contributed by atoms with Crippen molar-refractivity contribution in [2.24, 2.45) is 0 Å². The Morgan fingerprint density at radius 2 is 1.59 bits per heavy atom. The van der Waals surface area contributed by atoms with Gasteiger partial charge >= 0.3 is 0 Å². The second-order valence-electron chi connectivity index (χ2n) is 8.13. The number of sulfone groups is 1. The number of aromatic nitrogens is 2. The first-order valence-electron chi connectivity index (χ1n) is 11.2. The molecule has 2 aromatic carbocycles. The Labute approximate surface area is 190 Å². The molecule has 168 valence electrons. The molecule has 0 N–H and O–H groups in total. The third-order valence-corrected chi connectivity index (χ3v) is 7.21. The number of benzene rings is 2. The van der Waals surface area contributed by atoms with Crippen LogP contribution in [0.4, 0.5) is 0 Å². The van der Waals surface area contributed by atoms with Crippen molar-refractivity contribution in [1.29, 1.82) is 0 Å². The molecule has 0 aliphatic carbocycles. The third-order valence-electron chi connectivity index (χ3n) is 5.64. The SMILES string of the molecule is O=S(=O)(Cc1ccccc1)c1ccc(-c2ccc(OCCCN3CCCCC3)cc2)nn1. The molecule has 0 atom stereocenters. The average Bonchev–Trinajstić information content (AvgIpc) is 2.83. The molecule has 6 nitrogen and oxygen atoms in total. The first-order chi connectivity index (χ1) is 15.6. The van der Waals surface area contributed by atoms with Gasteiger partial charge in [-0.2, -0.15) is 0 Å². The van der Waals surface area contributed by atoms with Gasteiger partial charge in [0, 0.05) is 12.1 Å². The van der Waals surface area contributed by atoms with Crippen LogP contribution in [0.15, 0.2) is 71.8 Å².